The van der Waals surface area contributed by atoms with Crippen molar-refractivity contribution in [2.75, 3.05) is 0 Å². The van der Waals surface area contributed by atoms with Gasteiger partial charge in [-0.15, -0.1) is 0 Å². The van der Waals surface area contributed by atoms with E-state index in [1.54, 1.807) is 0 Å². The molecule has 0 saturated heterocycles. The fourth-order valence-electron chi connectivity index (χ4n) is 1.89. The number of alkyl halides is 7. The minimum absolute atomic E-state index is 0.145. The number of hydrogen-bond donors (Lipinski definition) is 1. The first-order valence-electron chi connectivity index (χ1n) is 7.63. The molecule has 0 heterocycles. The fraction of sp³-hybridized carbons (Fsp3) is 0.235. The van der Waals surface area contributed by atoms with Crippen molar-refractivity contribution in [1.29, 1.82) is 0 Å². The van der Waals surface area contributed by atoms with Crippen LogP contribution in [-0.2, 0) is 6.61 Å². The van der Waals surface area contributed by atoms with Gasteiger partial charge in [0.25, 0.3) is 0 Å². The Morgan fingerprint density at radius 1 is 0.931 bits per heavy atom. The number of rotatable bonds is 7. The summed E-state index contributed by atoms with van der Waals surface area (Å²) in [4.78, 5) is 0. The number of nitrogens with zero attached hydrogens (tertiary/aromatic N) is 1. The highest BCUT2D eigenvalue weighted by atomic mass is 79.9. The highest BCUT2D eigenvalue weighted by molar-refractivity contribution is 9.10. The van der Waals surface area contributed by atoms with Gasteiger partial charge in [0.05, 0.1) is 10.7 Å². The summed E-state index contributed by atoms with van der Waals surface area (Å²) in [6, 6.07) is 5.88. The Morgan fingerprint density at radius 3 is 2.10 bits per heavy atom. The summed E-state index contributed by atoms with van der Waals surface area (Å²) in [5.74, 6) is -5.89. The van der Waals surface area contributed by atoms with Gasteiger partial charge < -0.3 is 4.74 Å². The lowest BCUT2D eigenvalue weighted by Crippen LogP contribution is -2.58. The van der Waals surface area contributed by atoms with Crippen LogP contribution in [0.3, 0.4) is 0 Å². The summed E-state index contributed by atoms with van der Waals surface area (Å²) in [5, 5.41) is 2.79. The van der Waals surface area contributed by atoms with Crippen molar-refractivity contribution < 1.29 is 35.5 Å². The first-order chi connectivity index (χ1) is 13.3. The molecule has 0 atom stereocenters. The molecule has 0 aliphatic heterocycles. The van der Waals surface area contributed by atoms with E-state index in [0.29, 0.717) is 21.9 Å². The average Bonchev–Trinajstić information content (AvgIpc) is 2.61. The van der Waals surface area contributed by atoms with Gasteiger partial charge in [-0.2, -0.15) is 35.8 Å². The van der Waals surface area contributed by atoms with Gasteiger partial charge in [0.15, 0.2) is 0 Å². The second-order valence-corrected chi connectivity index (χ2v) is 7.39. The molecule has 0 radical (unpaired) electrons. The Labute approximate surface area is 177 Å². The number of hydrogen-bond acceptors (Lipinski definition) is 3. The van der Waals surface area contributed by atoms with Gasteiger partial charge in [-0.25, -0.2) is 5.43 Å². The van der Waals surface area contributed by atoms with Crippen molar-refractivity contribution in [2.45, 2.75) is 24.8 Å². The summed E-state index contributed by atoms with van der Waals surface area (Å²) in [6.07, 6.45) is -5.76. The molecule has 0 bridgehead atoms. The SMILES string of the molecule is FC(F)(F)C(F)(F)C(F)(F)N/N=C/c1ccc(OCc2ccc(Br)cc2)c(Br)c1. The molecule has 2 rings (SSSR count). The summed E-state index contributed by atoms with van der Waals surface area (Å²) >= 11 is 6.49. The molecule has 158 valence electrons. The largest absolute Gasteiger partial charge is 0.488 e. The summed E-state index contributed by atoms with van der Waals surface area (Å²) in [5.41, 5.74) is 1.58. The molecule has 2 aromatic rings. The lowest BCUT2D eigenvalue weighted by Gasteiger charge is -2.27. The van der Waals surface area contributed by atoms with Gasteiger partial charge >= 0.3 is 18.1 Å². The Balaban J connectivity index is 2.02. The van der Waals surface area contributed by atoms with Crippen LogP contribution in [0.25, 0.3) is 0 Å². The molecule has 0 saturated carbocycles. The molecular formula is C17H11Br2F7N2O. The second-order valence-electron chi connectivity index (χ2n) is 5.62. The van der Waals surface area contributed by atoms with E-state index in [4.69, 9.17) is 4.74 Å². The third-order valence-corrected chi connectivity index (χ3v) is 4.58. The molecule has 3 nitrogen and oxygen atoms in total. The van der Waals surface area contributed by atoms with E-state index >= 15 is 0 Å². The van der Waals surface area contributed by atoms with Crippen LogP contribution in [-0.4, -0.2) is 24.4 Å². The Hall–Kier alpha value is -1.82. The highest BCUT2D eigenvalue weighted by Gasteiger charge is 2.73. The fourth-order valence-corrected chi connectivity index (χ4v) is 2.67. The van der Waals surface area contributed by atoms with E-state index < -0.39 is 18.1 Å². The molecule has 29 heavy (non-hydrogen) atoms. The number of ether oxygens (including phenoxy) is 1. The minimum atomic E-state index is -6.43. The zero-order valence-electron chi connectivity index (χ0n) is 14.1. The van der Waals surface area contributed by atoms with Crippen LogP contribution in [0, 0.1) is 0 Å². The van der Waals surface area contributed by atoms with E-state index in [9.17, 15) is 30.7 Å². The van der Waals surface area contributed by atoms with Gasteiger partial charge in [-0.1, -0.05) is 28.1 Å². The summed E-state index contributed by atoms with van der Waals surface area (Å²) < 4.78 is 94.8. The van der Waals surface area contributed by atoms with E-state index in [-0.39, 0.29) is 12.2 Å². The quantitative estimate of drug-likeness (QED) is 0.184. The third-order valence-electron chi connectivity index (χ3n) is 3.43. The Kier molecular flexibility index (Phi) is 7.20. The Morgan fingerprint density at radius 2 is 1.55 bits per heavy atom. The van der Waals surface area contributed by atoms with Crippen LogP contribution in [0.5, 0.6) is 5.75 Å². The van der Waals surface area contributed by atoms with Crippen molar-refractivity contribution in [3.8, 4) is 5.75 Å². The molecular weight excluding hydrogens is 541 g/mol. The van der Waals surface area contributed by atoms with E-state index in [1.165, 1.54) is 18.2 Å². The maximum absolute atomic E-state index is 13.1. The maximum Gasteiger partial charge on any atom is 0.462 e. The van der Waals surface area contributed by atoms with Crippen molar-refractivity contribution in [3.05, 3.63) is 62.5 Å². The molecule has 0 amide bonds. The smallest absolute Gasteiger partial charge is 0.462 e. The second kappa shape index (κ2) is 8.90. The molecule has 0 aliphatic rings. The van der Waals surface area contributed by atoms with Gasteiger partial charge in [0.1, 0.15) is 12.4 Å². The topological polar surface area (TPSA) is 33.6 Å². The van der Waals surface area contributed by atoms with Crippen LogP contribution < -0.4 is 10.2 Å². The molecule has 0 fully saturated rings. The van der Waals surface area contributed by atoms with Gasteiger partial charge in [-0.3, -0.25) is 0 Å². The molecule has 0 spiro atoms. The average molecular weight is 552 g/mol. The molecule has 0 unspecified atom stereocenters. The monoisotopic (exact) mass is 550 g/mol. The molecule has 0 aliphatic carbocycles. The van der Waals surface area contributed by atoms with Crippen molar-refractivity contribution in [1.82, 2.24) is 5.43 Å². The van der Waals surface area contributed by atoms with E-state index in [1.807, 2.05) is 24.3 Å². The van der Waals surface area contributed by atoms with Crippen molar-refractivity contribution >= 4 is 38.1 Å². The van der Waals surface area contributed by atoms with Crippen LogP contribution in [0.4, 0.5) is 30.7 Å². The molecule has 12 heteroatoms. The number of halogens is 9. The predicted molar refractivity (Wildman–Crippen MR) is 99.3 cm³/mol. The van der Waals surface area contributed by atoms with E-state index in [2.05, 4.69) is 37.0 Å². The third kappa shape index (κ3) is 5.84. The maximum atomic E-state index is 13.1. The van der Waals surface area contributed by atoms with Crippen molar-refractivity contribution in [3.63, 3.8) is 0 Å². The predicted octanol–water partition coefficient (Wildman–Crippen LogP) is 6.50. The van der Waals surface area contributed by atoms with Crippen LogP contribution >= 0.6 is 31.9 Å². The van der Waals surface area contributed by atoms with Gasteiger partial charge in [0, 0.05) is 4.47 Å². The number of nitrogens with one attached hydrogen (secondary N) is 1. The van der Waals surface area contributed by atoms with E-state index in [0.717, 1.165) is 10.0 Å². The lowest BCUT2D eigenvalue weighted by molar-refractivity contribution is -0.361. The molecule has 2 aromatic carbocycles. The molecule has 0 aromatic heterocycles. The zero-order chi connectivity index (χ0) is 21.9. The zero-order valence-corrected chi connectivity index (χ0v) is 17.3. The van der Waals surface area contributed by atoms with Gasteiger partial charge in [-0.05, 0) is 57.4 Å². The lowest BCUT2D eigenvalue weighted by atomic mass is 10.2. The van der Waals surface area contributed by atoms with Crippen LogP contribution in [0.2, 0.25) is 0 Å². The first kappa shape index (κ1) is 23.5. The van der Waals surface area contributed by atoms with Crippen LogP contribution in [0.1, 0.15) is 11.1 Å². The Bertz CT molecular complexity index is 871. The summed E-state index contributed by atoms with van der Waals surface area (Å²) in [7, 11) is 0. The normalized spacial score (nSPS) is 13.0. The van der Waals surface area contributed by atoms with Gasteiger partial charge in [0.2, 0.25) is 0 Å². The number of benzene rings is 2. The van der Waals surface area contributed by atoms with Crippen molar-refractivity contribution in [2.24, 2.45) is 5.10 Å². The number of hydrazone groups is 1. The summed E-state index contributed by atoms with van der Waals surface area (Å²) in [6.45, 7) is 0.236. The van der Waals surface area contributed by atoms with Crippen LogP contribution in [0.15, 0.2) is 56.5 Å². The minimum Gasteiger partial charge on any atom is -0.488 e. The highest BCUT2D eigenvalue weighted by Crippen LogP contribution is 2.45. The first-order valence-corrected chi connectivity index (χ1v) is 9.21. The standard InChI is InChI=1S/C17H11Br2F7N2O/c18-12-4-1-10(2-5-12)9-29-14-6-3-11(7-13(14)19)8-27-28-17(25,26)15(20,21)16(22,23)24/h1-8,28H,9H2/b27-8+. The molecule has 1 N–H and O–H groups in total.